The summed E-state index contributed by atoms with van der Waals surface area (Å²) in [6.45, 7) is 5.07. The Morgan fingerprint density at radius 3 is 2.54 bits per heavy atom. The van der Waals surface area contributed by atoms with E-state index in [1.807, 2.05) is 0 Å². The van der Waals surface area contributed by atoms with Gasteiger partial charge in [-0.05, 0) is 66.6 Å². The van der Waals surface area contributed by atoms with Crippen LogP contribution in [0.5, 0.6) is 0 Å². The van der Waals surface area contributed by atoms with Gasteiger partial charge >= 0.3 is 0 Å². The van der Waals surface area contributed by atoms with Crippen molar-refractivity contribution >= 4 is 0 Å². The Bertz CT molecular complexity index is 269. The van der Waals surface area contributed by atoms with Gasteiger partial charge in [0.05, 0.1) is 0 Å². The van der Waals surface area contributed by atoms with Crippen LogP contribution in [0.3, 0.4) is 0 Å². The van der Waals surface area contributed by atoms with Gasteiger partial charge in [-0.1, -0.05) is 13.8 Å². The Morgan fingerprint density at radius 1 is 1.08 bits per heavy atom. The second-order valence-electron chi connectivity index (χ2n) is 6.39. The topological polar surface area (TPSA) is 0 Å². The van der Waals surface area contributed by atoms with Crippen LogP contribution in [-0.2, 0) is 0 Å². The second-order valence-corrected chi connectivity index (χ2v) is 6.39. The first-order chi connectivity index (χ1) is 6.26. The molecule has 0 N–H and O–H groups in total. The van der Waals surface area contributed by atoms with Crippen molar-refractivity contribution in [2.75, 3.05) is 0 Å². The molecule has 7 atom stereocenters. The van der Waals surface area contributed by atoms with Crippen molar-refractivity contribution in [2.45, 2.75) is 39.5 Å². The van der Waals surface area contributed by atoms with Crippen LogP contribution in [0, 0.1) is 40.9 Å². The molecule has 0 radical (unpaired) electrons. The fourth-order valence-corrected chi connectivity index (χ4v) is 5.91. The number of rotatable bonds is 0. The molecule has 1 spiro atoms. The molecule has 4 rings (SSSR count). The summed E-state index contributed by atoms with van der Waals surface area (Å²) in [6, 6.07) is 0. The molecule has 4 fully saturated rings. The van der Waals surface area contributed by atoms with Gasteiger partial charge in [-0.15, -0.1) is 0 Å². The van der Waals surface area contributed by atoms with Crippen LogP contribution in [0.2, 0.25) is 0 Å². The van der Waals surface area contributed by atoms with Crippen molar-refractivity contribution in [2.24, 2.45) is 40.9 Å². The maximum absolute atomic E-state index is 2.55. The Morgan fingerprint density at radius 2 is 1.92 bits per heavy atom. The van der Waals surface area contributed by atoms with Crippen LogP contribution >= 0.6 is 0 Å². The molecule has 13 heavy (non-hydrogen) atoms. The maximum atomic E-state index is 2.55. The first kappa shape index (κ1) is 7.31. The first-order valence-electron chi connectivity index (χ1n) is 6.26. The van der Waals surface area contributed by atoms with E-state index in [1.165, 1.54) is 23.7 Å². The molecule has 4 aliphatic rings. The zero-order valence-electron chi connectivity index (χ0n) is 8.79. The number of hydrogen-bond donors (Lipinski definition) is 0. The fraction of sp³-hybridized carbons (Fsp3) is 1.00. The Balaban J connectivity index is 1.73. The molecule has 0 aromatic rings. The van der Waals surface area contributed by atoms with E-state index in [4.69, 9.17) is 0 Å². The van der Waals surface area contributed by atoms with Gasteiger partial charge in [-0.3, -0.25) is 0 Å². The molecule has 0 bridgehead atoms. The van der Waals surface area contributed by atoms with Gasteiger partial charge in [0.15, 0.2) is 0 Å². The van der Waals surface area contributed by atoms with Crippen LogP contribution < -0.4 is 0 Å². The molecule has 0 aliphatic heterocycles. The van der Waals surface area contributed by atoms with E-state index in [-0.39, 0.29) is 0 Å². The molecular formula is C13H20. The van der Waals surface area contributed by atoms with E-state index < -0.39 is 0 Å². The molecule has 7 unspecified atom stereocenters. The first-order valence-corrected chi connectivity index (χ1v) is 6.26. The van der Waals surface area contributed by atoms with Crippen LogP contribution in [0.4, 0.5) is 0 Å². The highest BCUT2D eigenvalue weighted by molar-refractivity contribution is 5.25. The zero-order chi connectivity index (χ0) is 8.79. The zero-order valence-corrected chi connectivity index (χ0v) is 8.79. The molecule has 0 aromatic heterocycles. The molecule has 0 aromatic carbocycles. The normalized spacial score (nSPS) is 72.5. The average Bonchev–Trinajstić information content (AvgIpc) is 2.65. The van der Waals surface area contributed by atoms with E-state index in [1.54, 1.807) is 25.7 Å². The fourth-order valence-electron chi connectivity index (χ4n) is 5.91. The van der Waals surface area contributed by atoms with Crippen molar-refractivity contribution in [1.29, 1.82) is 0 Å². The molecular weight excluding hydrogens is 156 g/mol. The largest absolute Gasteiger partial charge is 0.0619 e. The minimum atomic E-state index is 0.904. The summed E-state index contributed by atoms with van der Waals surface area (Å²) in [6.07, 6.45) is 6.36. The highest BCUT2D eigenvalue weighted by Crippen LogP contribution is 2.83. The second kappa shape index (κ2) is 1.85. The summed E-state index contributed by atoms with van der Waals surface area (Å²) in [5, 5.41) is 0. The lowest BCUT2D eigenvalue weighted by molar-refractivity contribution is -0.0686. The highest BCUT2D eigenvalue weighted by Gasteiger charge is 2.78. The predicted octanol–water partition coefficient (Wildman–Crippen LogP) is 3.32. The monoisotopic (exact) mass is 176 g/mol. The third-order valence-corrected chi connectivity index (χ3v) is 6.52. The SMILES string of the molecule is CC1CC2CC3CCC3C3C(C)C123. The quantitative estimate of drug-likeness (QED) is 0.531. The summed E-state index contributed by atoms with van der Waals surface area (Å²) in [5.74, 6) is 6.92. The molecule has 0 heterocycles. The molecule has 72 valence electrons. The average molecular weight is 176 g/mol. The van der Waals surface area contributed by atoms with E-state index in [0.29, 0.717) is 0 Å². The highest BCUT2D eigenvalue weighted by atomic mass is 14.8. The van der Waals surface area contributed by atoms with Gasteiger partial charge < -0.3 is 0 Å². The predicted molar refractivity (Wildman–Crippen MR) is 53.2 cm³/mol. The lowest BCUT2D eigenvalue weighted by Gasteiger charge is -2.56. The summed E-state index contributed by atoms with van der Waals surface area (Å²) < 4.78 is 0. The van der Waals surface area contributed by atoms with Gasteiger partial charge in [0.1, 0.15) is 0 Å². The van der Waals surface area contributed by atoms with Crippen LogP contribution in [0.1, 0.15) is 39.5 Å². The molecule has 4 aliphatic carbocycles. The summed E-state index contributed by atoms with van der Waals surface area (Å²) in [5.41, 5.74) is 0.904. The summed E-state index contributed by atoms with van der Waals surface area (Å²) in [4.78, 5) is 0. The van der Waals surface area contributed by atoms with Crippen LogP contribution in [-0.4, -0.2) is 0 Å². The van der Waals surface area contributed by atoms with E-state index in [2.05, 4.69) is 13.8 Å². The minimum Gasteiger partial charge on any atom is -0.0619 e. The molecule has 0 amide bonds. The third kappa shape index (κ3) is 0.543. The minimum absolute atomic E-state index is 0.904. The van der Waals surface area contributed by atoms with Crippen molar-refractivity contribution in [1.82, 2.24) is 0 Å². The Kier molecular flexibility index (Phi) is 1.04. The van der Waals surface area contributed by atoms with Crippen molar-refractivity contribution in [3.05, 3.63) is 0 Å². The molecule has 0 nitrogen and oxygen atoms in total. The van der Waals surface area contributed by atoms with E-state index >= 15 is 0 Å². The van der Waals surface area contributed by atoms with Gasteiger partial charge in [-0.2, -0.15) is 0 Å². The van der Waals surface area contributed by atoms with E-state index in [0.717, 1.165) is 17.3 Å². The smallest absolute Gasteiger partial charge is 0.0181 e. The molecule has 4 saturated carbocycles. The number of hydrogen-bond acceptors (Lipinski definition) is 0. The maximum Gasteiger partial charge on any atom is -0.0181 e. The standard InChI is InChI=1S/C13H20/c1-7-5-10-6-9-3-4-11(9)12-8(2)13(7,10)12/h7-12H,3-6H2,1-2H3. The lowest BCUT2D eigenvalue weighted by atomic mass is 9.49. The van der Waals surface area contributed by atoms with E-state index in [9.17, 15) is 0 Å². The van der Waals surface area contributed by atoms with Gasteiger partial charge in [0, 0.05) is 0 Å². The van der Waals surface area contributed by atoms with Crippen LogP contribution in [0.15, 0.2) is 0 Å². The molecule has 0 saturated heterocycles. The van der Waals surface area contributed by atoms with Crippen molar-refractivity contribution in [3.8, 4) is 0 Å². The van der Waals surface area contributed by atoms with Gasteiger partial charge in [-0.25, -0.2) is 0 Å². The Labute approximate surface area is 81.1 Å². The van der Waals surface area contributed by atoms with Crippen molar-refractivity contribution < 1.29 is 0 Å². The number of fused-ring (bicyclic) bond motifs is 2. The van der Waals surface area contributed by atoms with Gasteiger partial charge in [0.25, 0.3) is 0 Å². The summed E-state index contributed by atoms with van der Waals surface area (Å²) >= 11 is 0. The Hall–Kier alpha value is 0. The lowest BCUT2D eigenvalue weighted by Crippen LogP contribution is -2.48. The van der Waals surface area contributed by atoms with Crippen LogP contribution in [0.25, 0.3) is 0 Å². The molecule has 0 heteroatoms. The summed E-state index contributed by atoms with van der Waals surface area (Å²) in [7, 11) is 0. The van der Waals surface area contributed by atoms with Crippen molar-refractivity contribution in [3.63, 3.8) is 0 Å². The van der Waals surface area contributed by atoms with Gasteiger partial charge in [0.2, 0.25) is 0 Å². The third-order valence-electron chi connectivity index (χ3n) is 6.52.